The summed E-state index contributed by atoms with van der Waals surface area (Å²) in [7, 11) is 4.09. The van der Waals surface area contributed by atoms with E-state index in [1.165, 1.54) is 11.3 Å². The van der Waals surface area contributed by atoms with Crippen molar-refractivity contribution in [2.75, 3.05) is 25.6 Å². The first-order chi connectivity index (χ1) is 8.58. The molecule has 0 heterocycles. The molecule has 1 aromatic rings. The Balaban J connectivity index is 2.63. The van der Waals surface area contributed by atoms with Crippen LogP contribution >= 0.6 is 0 Å². The smallest absolute Gasteiger partial charge is 0.0445 e. The summed E-state index contributed by atoms with van der Waals surface area (Å²) in [5.74, 6) is 0. The molecule has 0 bridgehead atoms. The number of aliphatic hydroxyl groups excluding tert-OH is 1. The van der Waals surface area contributed by atoms with Crippen LogP contribution in [0.15, 0.2) is 24.3 Å². The van der Waals surface area contributed by atoms with Crippen LogP contribution in [0.5, 0.6) is 0 Å². The molecule has 0 spiro atoms. The molecule has 0 saturated heterocycles. The molecule has 18 heavy (non-hydrogen) atoms. The molecule has 2 unspecified atom stereocenters. The van der Waals surface area contributed by atoms with E-state index in [0.29, 0.717) is 12.1 Å². The maximum Gasteiger partial charge on any atom is 0.0445 e. The summed E-state index contributed by atoms with van der Waals surface area (Å²) in [6.07, 6.45) is 1.86. The minimum absolute atomic E-state index is 0.248. The third kappa shape index (κ3) is 4.31. The number of anilines is 1. The molecule has 3 heteroatoms. The highest BCUT2D eigenvalue weighted by Gasteiger charge is 2.11. The number of hydrogen-bond acceptors (Lipinski definition) is 3. The molecule has 0 aromatic heterocycles. The van der Waals surface area contributed by atoms with E-state index >= 15 is 0 Å². The third-order valence-electron chi connectivity index (χ3n) is 3.37. The lowest BCUT2D eigenvalue weighted by atomic mass is 10.0. The first kappa shape index (κ1) is 15.0. The van der Waals surface area contributed by atoms with Crippen molar-refractivity contribution in [3.63, 3.8) is 0 Å². The van der Waals surface area contributed by atoms with Crippen molar-refractivity contribution in [3.05, 3.63) is 29.8 Å². The summed E-state index contributed by atoms with van der Waals surface area (Å²) < 4.78 is 0. The highest BCUT2D eigenvalue weighted by atomic mass is 16.3. The van der Waals surface area contributed by atoms with E-state index in [1.807, 2.05) is 14.1 Å². The molecule has 1 aromatic carbocycles. The van der Waals surface area contributed by atoms with Crippen LogP contribution in [-0.2, 0) is 0 Å². The van der Waals surface area contributed by atoms with E-state index in [9.17, 15) is 0 Å². The van der Waals surface area contributed by atoms with E-state index in [4.69, 9.17) is 5.11 Å². The fraction of sp³-hybridized carbons (Fsp3) is 0.600. The zero-order valence-electron chi connectivity index (χ0n) is 12.0. The standard InChI is InChI=1S/C15H26N2O/c1-5-14(10-11-18)16-12(2)13-6-8-15(9-7-13)17(3)4/h6-9,12,14,16,18H,5,10-11H2,1-4H3. The van der Waals surface area contributed by atoms with Crippen molar-refractivity contribution in [2.24, 2.45) is 0 Å². The second kappa shape index (κ2) is 7.39. The van der Waals surface area contributed by atoms with Crippen LogP contribution in [0.4, 0.5) is 5.69 Å². The van der Waals surface area contributed by atoms with E-state index in [1.54, 1.807) is 0 Å². The van der Waals surface area contributed by atoms with Gasteiger partial charge in [-0.1, -0.05) is 19.1 Å². The third-order valence-corrected chi connectivity index (χ3v) is 3.37. The van der Waals surface area contributed by atoms with Crippen LogP contribution < -0.4 is 10.2 Å². The highest BCUT2D eigenvalue weighted by molar-refractivity contribution is 5.46. The molecule has 102 valence electrons. The average molecular weight is 250 g/mol. The average Bonchev–Trinajstić information content (AvgIpc) is 2.38. The maximum absolute atomic E-state index is 9.00. The summed E-state index contributed by atoms with van der Waals surface area (Å²) in [6, 6.07) is 9.31. The van der Waals surface area contributed by atoms with Gasteiger partial charge in [-0.25, -0.2) is 0 Å². The van der Waals surface area contributed by atoms with Gasteiger partial charge in [0.15, 0.2) is 0 Å². The van der Waals surface area contributed by atoms with Crippen LogP contribution in [0.2, 0.25) is 0 Å². The van der Waals surface area contributed by atoms with E-state index in [2.05, 4.69) is 48.3 Å². The molecule has 0 aliphatic heterocycles. The molecular formula is C15H26N2O. The lowest BCUT2D eigenvalue weighted by Gasteiger charge is -2.22. The fourth-order valence-corrected chi connectivity index (χ4v) is 2.07. The molecule has 0 aliphatic carbocycles. The van der Waals surface area contributed by atoms with Crippen molar-refractivity contribution in [1.29, 1.82) is 0 Å². The molecule has 2 atom stereocenters. The van der Waals surface area contributed by atoms with Gasteiger partial charge >= 0.3 is 0 Å². The van der Waals surface area contributed by atoms with Gasteiger partial charge < -0.3 is 15.3 Å². The van der Waals surface area contributed by atoms with Crippen molar-refractivity contribution < 1.29 is 5.11 Å². The fourth-order valence-electron chi connectivity index (χ4n) is 2.07. The van der Waals surface area contributed by atoms with Gasteiger partial charge in [0.1, 0.15) is 0 Å². The number of nitrogens with one attached hydrogen (secondary N) is 1. The number of rotatable bonds is 7. The first-order valence-corrected chi connectivity index (χ1v) is 6.72. The van der Waals surface area contributed by atoms with E-state index in [0.717, 1.165) is 12.8 Å². The number of nitrogens with zero attached hydrogens (tertiary/aromatic N) is 1. The van der Waals surface area contributed by atoms with Crippen LogP contribution in [0.1, 0.15) is 38.3 Å². The van der Waals surface area contributed by atoms with Crippen LogP contribution in [0, 0.1) is 0 Å². The SMILES string of the molecule is CCC(CCO)NC(C)c1ccc(N(C)C)cc1. The normalized spacial score (nSPS) is 14.3. The number of hydrogen-bond donors (Lipinski definition) is 2. The maximum atomic E-state index is 9.00. The minimum Gasteiger partial charge on any atom is -0.396 e. The summed E-state index contributed by atoms with van der Waals surface area (Å²) in [4.78, 5) is 2.10. The second-order valence-corrected chi connectivity index (χ2v) is 4.99. The molecular weight excluding hydrogens is 224 g/mol. The summed E-state index contributed by atoms with van der Waals surface area (Å²) in [5, 5.41) is 12.6. The van der Waals surface area contributed by atoms with Gasteiger partial charge in [-0.05, 0) is 37.5 Å². The van der Waals surface area contributed by atoms with Crippen molar-refractivity contribution in [2.45, 2.75) is 38.8 Å². The van der Waals surface area contributed by atoms with Gasteiger partial charge in [0.2, 0.25) is 0 Å². The van der Waals surface area contributed by atoms with Crippen molar-refractivity contribution >= 4 is 5.69 Å². The molecule has 0 radical (unpaired) electrons. The number of benzene rings is 1. The molecule has 0 aliphatic rings. The van der Waals surface area contributed by atoms with Gasteiger partial charge in [0.25, 0.3) is 0 Å². The lowest BCUT2D eigenvalue weighted by molar-refractivity contribution is 0.257. The predicted molar refractivity (Wildman–Crippen MR) is 78.1 cm³/mol. The number of aliphatic hydroxyl groups is 1. The zero-order chi connectivity index (χ0) is 13.5. The monoisotopic (exact) mass is 250 g/mol. The largest absolute Gasteiger partial charge is 0.396 e. The summed E-state index contributed by atoms with van der Waals surface area (Å²) in [6.45, 7) is 4.57. The Bertz CT molecular complexity index is 335. The molecule has 2 N–H and O–H groups in total. The first-order valence-electron chi connectivity index (χ1n) is 6.72. The topological polar surface area (TPSA) is 35.5 Å². The van der Waals surface area contributed by atoms with E-state index in [-0.39, 0.29) is 6.61 Å². The lowest BCUT2D eigenvalue weighted by Crippen LogP contribution is -2.31. The Morgan fingerprint density at radius 2 is 1.83 bits per heavy atom. The summed E-state index contributed by atoms with van der Waals surface area (Å²) >= 11 is 0. The zero-order valence-corrected chi connectivity index (χ0v) is 12.0. The predicted octanol–water partition coefficient (Wildman–Crippen LogP) is 2.56. The van der Waals surface area contributed by atoms with Gasteiger partial charge in [0, 0.05) is 38.5 Å². The van der Waals surface area contributed by atoms with Crippen LogP contribution in [-0.4, -0.2) is 31.9 Å². The Kier molecular flexibility index (Phi) is 6.16. The van der Waals surface area contributed by atoms with Gasteiger partial charge in [-0.2, -0.15) is 0 Å². The van der Waals surface area contributed by atoms with Crippen LogP contribution in [0.3, 0.4) is 0 Å². The van der Waals surface area contributed by atoms with Gasteiger partial charge in [-0.3, -0.25) is 0 Å². The van der Waals surface area contributed by atoms with Crippen LogP contribution in [0.25, 0.3) is 0 Å². The Morgan fingerprint density at radius 1 is 1.22 bits per heavy atom. The minimum atomic E-state index is 0.248. The quantitative estimate of drug-likeness (QED) is 0.780. The Morgan fingerprint density at radius 3 is 2.28 bits per heavy atom. The molecule has 1 rings (SSSR count). The second-order valence-electron chi connectivity index (χ2n) is 4.99. The molecule has 0 saturated carbocycles. The molecule has 0 amide bonds. The highest BCUT2D eigenvalue weighted by Crippen LogP contribution is 2.18. The van der Waals surface area contributed by atoms with Crippen molar-refractivity contribution in [3.8, 4) is 0 Å². The van der Waals surface area contributed by atoms with Crippen molar-refractivity contribution in [1.82, 2.24) is 5.32 Å². The Labute approximate surface area is 111 Å². The van der Waals surface area contributed by atoms with Gasteiger partial charge in [0.05, 0.1) is 0 Å². The molecule has 3 nitrogen and oxygen atoms in total. The van der Waals surface area contributed by atoms with E-state index < -0.39 is 0 Å². The van der Waals surface area contributed by atoms with Gasteiger partial charge in [-0.15, -0.1) is 0 Å². The summed E-state index contributed by atoms with van der Waals surface area (Å²) in [5.41, 5.74) is 2.50. The Hall–Kier alpha value is -1.06. The molecule has 0 fully saturated rings.